The summed E-state index contributed by atoms with van der Waals surface area (Å²) in [6.45, 7) is 4.60. The largest absolute Gasteiger partial charge is 0.455 e. The Morgan fingerprint density at radius 1 is 0.545 bits per heavy atom. The van der Waals surface area contributed by atoms with E-state index < -0.39 is 0 Å². The number of hydrogen-bond acceptors (Lipinski definition) is 5. The van der Waals surface area contributed by atoms with E-state index in [2.05, 4.69) is 91.2 Å². The Kier molecular flexibility index (Phi) is 6.56. The molecule has 0 saturated heterocycles. The topological polar surface area (TPSA) is 80.5 Å². The molecule has 55 heavy (non-hydrogen) atoms. The predicted molar refractivity (Wildman–Crippen MR) is 220 cm³/mol. The quantitative estimate of drug-likeness (QED) is 0.182. The molecule has 0 saturated carbocycles. The molecule has 1 aliphatic carbocycles. The molecule has 0 unspecified atom stereocenters. The first-order valence-electron chi connectivity index (χ1n) is 18.4. The van der Waals surface area contributed by atoms with Gasteiger partial charge in [-0.1, -0.05) is 135 Å². The van der Waals surface area contributed by atoms with Crippen LogP contribution in [0.2, 0.25) is 0 Å². The summed E-state index contributed by atoms with van der Waals surface area (Å²) < 4.78 is 9.09. The molecule has 1 aliphatic rings. The molecule has 0 bridgehead atoms. The van der Waals surface area contributed by atoms with Gasteiger partial charge in [0.2, 0.25) is 0 Å². The van der Waals surface area contributed by atoms with Crippen molar-refractivity contribution < 1.29 is 4.42 Å². The number of hydrogen-bond donors (Lipinski definition) is 0. The minimum atomic E-state index is -0.202. The van der Waals surface area contributed by atoms with Crippen molar-refractivity contribution in [1.29, 1.82) is 5.26 Å². The van der Waals surface area contributed by atoms with Crippen LogP contribution in [-0.4, -0.2) is 19.5 Å². The molecule has 6 nitrogen and oxygen atoms in total. The third-order valence-electron chi connectivity index (χ3n) is 11.3. The third kappa shape index (κ3) is 4.50. The average Bonchev–Trinajstić information content (AvgIpc) is 3.86. The second kappa shape index (κ2) is 11.6. The fourth-order valence-electron chi connectivity index (χ4n) is 8.70. The van der Waals surface area contributed by atoms with Crippen LogP contribution in [0.25, 0.3) is 94.7 Å². The third-order valence-corrected chi connectivity index (χ3v) is 11.3. The van der Waals surface area contributed by atoms with Crippen LogP contribution in [0.5, 0.6) is 0 Å². The molecule has 11 rings (SSSR count). The molecule has 3 heterocycles. The first-order valence-corrected chi connectivity index (χ1v) is 18.4. The summed E-state index contributed by atoms with van der Waals surface area (Å²) in [4.78, 5) is 15.1. The van der Waals surface area contributed by atoms with Gasteiger partial charge in [-0.3, -0.25) is 0 Å². The lowest BCUT2D eigenvalue weighted by molar-refractivity contribution is 0.661. The highest BCUT2D eigenvalue weighted by Gasteiger charge is 2.36. The van der Waals surface area contributed by atoms with Crippen LogP contribution >= 0.6 is 0 Å². The molecule has 0 radical (unpaired) electrons. The molecule has 7 aromatic carbocycles. The molecule has 6 heteroatoms. The number of nitriles is 1. The minimum Gasteiger partial charge on any atom is -0.455 e. The van der Waals surface area contributed by atoms with E-state index in [1.54, 1.807) is 0 Å². The van der Waals surface area contributed by atoms with E-state index >= 15 is 0 Å². The maximum absolute atomic E-state index is 11.2. The Balaban J connectivity index is 1.26. The highest BCUT2D eigenvalue weighted by atomic mass is 16.3. The van der Waals surface area contributed by atoms with Crippen LogP contribution in [0.4, 0.5) is 0 Å². The second-order valence-corrected chi connectivity index (χ2v) is 14.7. The van der Waals surface area contributed by atoms with Gasteiger partial charge >= 0.3 is 0 Å². The summed E-state index contributed by atoms with van der Waals surface area (Å²) in [6.07, 6.45) is 0. The standard InChI is InChI=1S/C49H31N5O/c1-49(2)38-22-12-9-19-32(38)35-26-36-33-20-10-13-23-40(33)54(41(36)27-39(35)49)44-31(28-50)25-37(45-43(44)34-21-11-14-24-42(34)55-45)48-52-46(29-15-5-3-6-16-29)51-47(53-48)30-17-7-4-8-18-30/h3-27H,1-2H3. The molecule has 0 fully saturated rings. The first kappa shape index (κ1) is 31.2. The van der Waals surface area contributed by atoms with E-state index in [0.29, 0.717) is 39.8 Å². The van der Waals surface area contributed by atoms with E-state index in [4.69, 9.17) is 19.4 Å². The van der Waals surface area contributed by atoms with Crippen LogP contribution in [0, 0.1) is 11.3 Å². The van der Waals surface area contributed by atoms with Crippen molar-refractivity contribution in [2.45, 2.75) is 19.3 Å². The van der Waals surface area contributed by atoms with Crippen molar-refractivity contribution in [3.05, 3.63) is 168 Å². The lowest BCUT2D eigenvalue weighted by atomic mass is 9.82. The molecule has 0 amide bonds. The average molecular weight is 706 g/mol. The Hall–Kier alpha value is -7.36. The number of benzene rings is 7. The Morgan fingerprint density at radius 2 is 1.16 bits per heavy atom. The SMILES string of the molecule is CC1(C)c2ccccc2-c2cc3c4ccccc4n(-c4c(C#N)cc(-c5nc(-c6ccccc6)nc(-c6ccccc6)n5)c5oc6ccccc6c45)c3cc21. The fourth-order valence-corrected chi connectivity index (χ4v) is 8.70. The van der Waals surface area contributed by atoms with Gasteiger partial charge < -0.3 is 8.98 Å². The van der Waals surface area contributed by atoms with Crippen LogP contribution in [0.1, 0.15) is 30.5 Å². The molecular weight excluding hydrogens is 675 g/mol. The van der Waals surface area contributed by atoms with Crippen LogP contribution in [0.3, 0.4) is 0 Å². The fraction of sp³-hybridized carbons (Fsp3) is 0.0612. The van der Waals surface area contributed by atoms with Gasteiger partial charge in [-0.15, -0.1) is 0 Å². The number of fused-ring (bicyclic) bond motifs is 9. The van der Waals surface area contributed by atoms with Gasteiger partial charge in [0.05, 0.1) is 33.2 Å². The number of nitrogens with zero attached hydrogens (tertiary/aromatic N) is 5. The van der Waals surface area contributed by atoms with Crippen molar-refractivity contribution in [2.24, 2.45) is 0 Å². The van der Waals surface area contributed by atoms with E-state index in [-0.39, 0.29) is 5.41 Å². The number of rotatable bonds is 4. The molecule has 258 valence electrons. The first-order chi connectivity index (χ1) is 27.0. The molecule has 0 N–H and O–H groups in total. The van der Waals surface area contributed by atoms with E-state index in [9.17, 15) is 5.26 Å². The normalized spacial score (nSPS) is 13.0. The second-order valence-electron chi connectivity index (χ2n) is 14.7. The van der Waals surface area contributed by atoms with Gasteiger partial charge in [0.1, 0.15) is 17.2 Å². The summed E-state index contributed by atoms with van der Waals surface area (Å²) in [5.41, 5.74) is 11.9. The van der Waals surface area contributed by atoms with Gasteiger partial charge in [-0.05, 0) is 52.6 Å². The predicted octanol–water partition coefficient (Wildman–Crippen LogP) is 12.0. The van der Waals surface area contributed by atoms with Crippen LogP contribution in [0.15, 0.2) is 156 Å². The lowest BCUT2D eigenvalue weighted by Crippen LogP contribution is -2.15. The highest BCUT2D eigenvalue weighted by molar-refractivity contribution is 6.18. The van der Waals surface area contributed by atoms with E-state index in [1.165, 1.54) is 22.3 Å². The van der Waals surface area contributed by atoms with Crippen molar-refractivity contribution in [3.8, 4) is 57.0 Å². The van der Waals surface area contributed by atoms with Crippen LogP contribution < -0.4 is 0 Å². The highest BCUT2D eigenvalue weighted by Crippen LogP contribution is 2.52. The maximum Gasteiger partial charge on any atom is 0.167 e. The monoisotopic (exact) mass is 705 g/mol. The molecule has 3 aromatic heterocycles. The Bertz CT molecular complexity index is 3180. The van der Waals surface area contributed by atoms with Crippen molar-refractivity contribution in [3.63, 3.8) is 0 Å². The Morgan fingerprint density at radius 3 is 1.89 bits per heavy atom. The zero-order chi connectivity index (χ0) is 36.8. The zero-order valence-corrected chi connectivity index (χ0v) is 30.1. The zero-order valence-electron chi connectivity index (χ0n) is 30.1. The van der Waals surface area contributed by atoms with Crippen molar-refractivity contribution in [1.82, 2.24) is 19.5 Å². The van der Waals surface area contributed by atoms with Gasteiger partial charge in [0.15, 0.2) is 17.5 Å². The van der Waals surface area contributed by atoms with Gasteiger partial charge in [-0.2, -0.15) is 5.26 Å². The summed E-state index contributed by atoms with van der Waals surface area (Å²) in [6, 6.07) is 54.3. The van der Waals surface area contributed by atoms with E-state index in [1.807, 2.05) is 84.9 Å². The smallest absolute Gasteiger partial charge is 0.167 e. The summed E-state index contributed by atoms with van der Waals surface area (Å²) in [5, 5.41) is 15.2. The molecule has 0 spiro atoms. The molecular formula is C49H31N5O. The lowest BCUT2D eigenvalue weighted by Gasteiger charge is -2.22. The number of aromatic nitrogens is 4. The summed E-state index contributed by atoms with van der Waals surface area (Å²) in [7, 11) is 0. The van der Waals surface area contributed by atoms with Gasteiger partial charge in [0.25, 0.3) is 0 Å². The molecule has 0 atom stereocenters. The molecule has 0 aliphatic heterocycles. The van der Waals surface area contributed by atoms with Crippen LogP contribution in [-0.2, 0) is 5.41 Å². The number of para-hydroxylation sites is 2. The van der Waals surface area contributed by atoms with Gasteiger partial charge in [0, 0.05) is 32.7 Å². The van der Waals surface area contributed by atoms with Crippen molar-refractivity contribution >= 4 is 43.7 Å². The summed E-state index contributed by atoms with van der Waals surface area (Å²) in [5.74, 6) is 1.51. The Labute approximate surface area is 316 Å². The number of furan rings is 1. The maximum atomic E-state index is 11.2. The van der Waals surface area contributed by atoms with Crippen molar-refractivity contribution in [2.75, 3.05) is 0 Å². The minimum absolute atomic E-state index is 0.202. The van der Waals surface area contributed by atoms with E-state index in [0.717, 1.165) is 49.4 Å². The summed E-state index contributed by atoms with van der Waals surface area (Å²) >= 11 is 0. The molecule has 10 aromatic rings. The van der Waals surface area contributed by atoms with Gasteiger partial charge in [-0.25, -0.2) is 15.0 Å².